The first kappa shape index (κ1) is 11.5. The molecule has 1 unspecified atom stereocenters. The number of carbonyl (C=O) groups excluding carboxylic acids is 2. The van der Waals surface area contributed by atoms with Crippen LogP contribution >= 0.6 is 11.3 Å². The number of anilines is 1. The molecule has 15 heavy (non-hydrogen) atoms. The summed E-state index contributed by atoms with van der Waals surface area (Å²) in [7, 11) is 0. The molecule has 1 amide bonds. The molecule has 1 atom stereocenters. The third kappa shape index (κ3) is 2.69. The van der Waals surface area contributed by atoms with Crippen molar-refractivity contribution in [3.05, 3.63) is 16.3 Å². The average molecular weight is 228 g/mol. The predicted octanol–water partition coefficient (Wildman–Crippen LogP) is 0.751. The molecule has 4 N–H and O–H groups in total. The molecule has 0 saturated heterocycles. The van der Waals surface area contributed by atoms with Gasteiger partial charge in [-0.15, -0.1) is 11.3 Å². The van der Waals surface area contributed by atoms with E-state index in [1.165, 1.54) is 11.3 Å². The Balaban J connectivity index is 2.71. The van der Waals surface area contributed by atoms with Gasteiger partial charge in [-0.05, 0) is 17.9 Å². The predicted molar refractivity (Wildman–Crippen MR) is 57.4 cm³/mol. The van der Waals surface area contributed by atoms with Crippen LogP contribution in [0.25, 0.3) is 0 Å². The molecule has 0 aliphatic heterocycles. The smallest absolute Gasteiger partial charge is 0.351 e. The quantitative estimate of drug-likeness (QED) is 0.743. The van der Waals surface area contributed by atoms with E-state index in [0.29, 0.717) is 17.0 Å². The molecule has 0 fully saturated rings. The van der Waals surface area contributed by atoms with Crippen LogP contribution in [0.4, 0.5) is 5.69 Å². The van der Waals surface area contributed by atoms with Gasteiger partial charge in [0.2, 0.25) is 0 Å². The lowest BCUT2D eigenvalue weighted by Gasteiger charge is -2.11. The Morgan fingerprint density at radius 2 is 2.27 bits per heavy atom. The number of nitrogen functional groups attached to an aromatic ring is 1. The molecule has 6 heteroatoms. The number of ether oxygens (including phenoxy) is 1. The minimum Gasteiger partial charge on any atom is -0.448 e. The van der Waals surface area contributed by atoms with Crippen LogP contribution in [0.3, 0.4) is 0 Å². The van der Waals surface area contributed by atoms with Gasteiger partial charge >= 0.3 is 5.97 Å². The van der Waals surface area contributed by atoms with Crippen molar-refractivity contribution in [2.75, 3.05) is 5.73 Å². The van der Waals surface area contributed by atoms with Gasteiger partial charge in [-0.25, -0.2) is 4.79 Å². The number of primary amides is 1. The number of carbonyl (C=O) groups is 2. The molecule has 0 aromatic carbocycles. The summed E-state index contributed by atoms with van der Waals surface area (Å²) in [6.45, 7) is 1.71. The van der Waals surface area contributed by atoms with E-state index in [0.717, 1.165) is 0 Å². The number of esters is 1. The van der Waals surface area contributed by atoms with Gasteiger partial charge in [0.1, 0.15) is 4.88 Å². The normalized spacial score (nSPS) is 12.1. The molecule has 82 valence electrons. The van der Waals surface area contributed by atoms with Crippen molar-refractivity contribution in [1.82, 2.24) is 0 Å². The molecule has 0 spiro atoms. The van der Waals surface area contributed by atoms with E-state index >= 15 is 0 Å². The van der Waals surface area contributed by atoms with Crippen molar-refractivity contribution >= 4 is 28.9 Å². The lowest BCUT2D eigenvalue weighted by atomic mass is 10.2. The van der Waals surface area contributed by atoms with Gasteiger partial charge in [-0.2, -0.15) is 0 Å². The fourth-order valence-corrected chi connectivity index (χ4v) is 1.71. The first-order chi connectivity index (χ1) is 7.06. The molecular formula is C9H12N2O3S. The highest BCUT2D eigenvalue weighted by Gasteiger charge is 2.21. The maximum atomic E-state index is 11.5. The summed E-state index contributed by atoms with van der Waals surface area (Å²) in [5, 5.41) is 1.68. The number of hydrogen-bond acceptors (Lipinski definition) is 5. The van der Waals surface area contributed by atoms with Gasteiger partial charge in [-0.3, -0.25) is 4.79 Å². The van der Waals surface area contributed by atoms with E-state index in [1.807, 2.05) is 0 Å². The van der Waals surface area contributed by atoms with Crippen LogP contribution in [0.5, 0.6) is 0 Å². The molecule has 0 saturated carbocycles. The van der Waals surface area contributed by atoms with Crippen molar-refractivity contribution in [2.24, 2.45) is 5.73 Å². The first-order valence-electron chi connectivity index (χ1n) is 4.39. The molecular weight excluding hydrogens is 216 g/mol. The zero-order chi connectivity index (χ0) is 11.4. The van der Waals surface area contributed by atoms with Gasteiger partial charge in [0.05, 0.1) is 5.69 Å². The van der Waals surface area contributed by atoms with Crippen LogP contribution in [-0.4, -0.2) is 18.0 Å². The molecule has 1 aromatic heterocycles. The number of thiophene rings is 1. The Kier molecular flexibility index (Phi) is 3.68. The van der Waals surface area contributed by atoms with E-state index in [1.54, 1.807) is 18.4 Å². The highest BCUT2D eigenvalue weighted by molar-refractivity contribution is 7.12. The molecule has 0 aliphatic carbocycles. The maximum absolute atomic E-state index is 11.5. The second-order valence-electron chi connectivity index (χ2n) is 2.91. The fraction of sp³-hybridized carbons (Fsp3) is 0.333. The fourth-order valence-electron chi connectivity index (χ4n) is 1.01. The van der Waals surface area contributed by atoms with Crippen LogP contribution in [0.2, 0.25) is 0 Å². The van der Waals surface area contributed by atoms with Gasteiger partial charge in [0.15, 0.2) is 6.10 Å². The Bertz CT molecular complexity index is 375. The van der Waals surface area contributed by atoms with E-state index < -0.39 is 18.0 Å². The summed E-state index contributed by atoms with van der Waals surface area (Å²) in [5.41, 5.74) is 10.9. The summed E-state index contributed by atoms with van der Waals surface area (Å²) in [5.74, 6) is -1.26. The highest BCUT2D eigenvalue weighted by atomic mass is 32.1. The zero-order valence-corrected chi connectivity index (χ0v) is 9.04. The Labute approximate surface area is 91.0 Å². The summed E-state index contributed by atoms with van der Waals surface area (Å²) < 4.78 is 4.90. The molecule has 0 radical (unpaired) electrons. The summed E-state index contributed by atoms with van der Waals surface area (Å²) in [6.07, 6.45) is -0.536. The van der Waals surface area contributed by atoms with E-state index in [4.69, 9.17) is 16.2 Å². The topological polar surface area (TPSA) is 95.4 Å². The average Bonchev–Trinajstić information content (AvgIpc) is 2.60. The van der Waals surface area contributed by atoms with Crippen molar-refractivity contribution < 1.29 is 14.3 Å². The standard InChI is InChI=1S/C9H12N2O3S/c1-2-6(8(11)12)14-9(13)7-5(10)3-4-15-7/h3-4,6H,2,10H2,1H3,(H2,11,12). The molecule has 0 aliphatic rings. The van der Waals surface area contributed by atoms with Gasteiger partial charge in [-0.1, -0.05) is 6.92 Å². The SMILES string of the molecule is CCC(OC(=O)c1sccc1N)C(N)=O. The number of hydrogen-bond donors (Lipinski definition) is 2. The monoisotopic (exact) mass is 228 g/mol. The molecule has 5 nitrogen and oxygen atoms in total. The first-order valence-corrected chi connectivity index (χ1v) is 5.27. The minimum atomic E-state index is -0.890. The number of nitrogens with two attached hydrogens (primary N) is 2. The largest absolute Gasteiger partial charge is 0.448 e. The second-order valence-corrected chi connectivity index (χ2v) is 3.83. The van der Waals surface area contributed by atoms with Crippen LogP contribution in [0.15, 0.2) is 11.4 Å². The molecule has 1 heterocycles. The van der Waals surface area contributed by atoms with Crippen molar-refractivity contribution in [1.29, 1.82) is 0 Å². The third-order valence-corrected chi connectivity index (χ3v) is 2.73. The van der Waals surface area contributed by atoms with Gasteiger partial charge in [0, 0.05) is 0 Å². The summed E-state index contributed by atoms with van der Waals surface area (Å²) in [6, 6.07) is 1.60. The molecule has 0 bridgehead atoms. The van der Waals surface area contributed by atoms with Crippen molar-refractivity contribution in [3.63, 3.8) is 0 Å². The lowest BCUT2D eigenvalue weighted by Crippen LogP contribution is -2.32. The minimum absolute atomic E-state index is 0.301. The van der Waals surface area contributed by atoms with Crippen LogP contribution in [-0.2, 0) is 9.53 Å². The zero-order valence-electron chi connectivity index (χ0n) is 8.23. The Morgan fingerprint density at radius 1 is 1.60 bits per heavy atom. The van der Waals surface area contributed by atoms with Crippen molar-refractivity contribution in [3.8, 4) is 0 Å². The van der Waals surface area contributed by atoms with E-state index in [-0.39, 0.29) is 0 Å². The van der Waals surface area contributed by atoms with Gasteiger partial charge < -0.3 is 16.2 Å². The lowest BCUT2D eigenvalue weighted by molar-refractivity contribution is -0.126. The van der Waals surface area contributed by atoms with Crippen molar-refractivity contribution in [2.45, 2.75) is 19.4 Å². The van der Waals surface area contributed by atoms with Gasteiger partial charge in [0.25, 0.3) is 5.91 Å². The Morgan fingerprint density at radius 3 is 2.67 bits per heavy atom. The molecule has 1 aromatic rings. The van der Waals surface area contributed by atoms with E-state index in [2.05, 4.69) is 0 Å². The third-order valence-electron chi connectivity index (χ3n) is 1.82. The second kappa shape index (κ2) is 4.79. The number of amides is 1. The maximum Gasteiger partial charge on any atom is 0.351 e. The number of rotatable bonds is 4. The molecule has 1 rings (SSSR count). The van der Waals surface area contributed by atoms with Crippen LogP contribution in [0.1, 0.15) is 23.0 Å². The van der Waals surface area contributed by atoms with Crippen LogP contribution in [0, 0.1) is 0 Å². The Hall–Kier alpha value is -1.56. The van der Waals surface area contributed by atoms with Crippen LogP contribution < -0.4 is 11.5 Å². The summed E-state index contributed by atoms with van der Waals surface area (Å²) in [4.78, 5) is 22.6. The highest BCUT2D eigenvalue weighted by Crippen LogP contribution is 2.20. The van der Waals surface area contributed by atoms with E-state index in [9.17, 15) is 9.59 Å². The summed E-state index contributed by atoms with van der Waals surface area (Å²) >= 11 is 1.17.